The molecule has 0 atom stereocenters. The molecule has 0 N–H and O–H groups in total. The molecule has 4 aromatic heterocycles. The van der Waals surface area contributed by atoms with Crippen molar-refractivity contribution >= 4 is 106 Å². The third-order valence-electron chi connectivity index (χ3n) is 7.84. The molecule has 5 heterocycles. The molecule has 4 bridgehead atoms. The Hall–Kier alpha value is -2.22. The summed E-state index contributed by atoms with van der Waals surface area (Å²) >= 11 is 7.43. The third kappa shape index (κ3) is 5.78. The largest absolute Gasteiger partial charge is 0.377 e. The van der Waals surface area contributed by atoms with Crippen LogP contribution in [0.25, 0.3) is 60.5 Å². The van der Waals surface area contributed by atoms with Gasteiger partial charge in [-0.2, -0.15) is 0 Å². The molecule has 0 saturated carbocycles. The van der Waals surface area contributed by atoms with Crippen molar-refractivity contribution in [3.63, 3.8) is 0 Å². The van der Waals surface area contributed by atoms with E-state index in [2.05, 4.69) is 48.5 Å². The summed E-state index contributed by atoms with van der Waals surface area (Å²) < 4.78 is 42.5. The second kappa shape index (κ2) is 13.3. The topological polar surface area (TPSA) is 55.4 Å². The first-order valence-electron chi connectivity index (χ1n) is 14.9. The summed E-state index contributed by atoms with van der Waals surface area (Å²) in [5, 5.41) is 8.14. The highest BCUT2D eigenvalue weighted by atomic mass is 32.1. The molecule has 0 fully saturated rings. The molecule has 0 amide bonds. The Balaban J connectivity index is 1.18. The SMILES string of the molecule is c1cc2sc3ccc4sc5ccc6sc7cc6c5c4c3c2c2cc(sc12)COCCOCCOCCOCCOCCOC7. The van der Waals surface area contributed by atoms with Crippen LogP contribution in [0.2, 0.25) is 0 Å². The van der Waals surface area contributed by atoms with Crippen LogP contribution in [0.4, 0.5) is 0 Å². The fraction of sp³-hybridized carbons (Fsp3) is 0.353. The average molecular weight is 665 g/mol. The van der Waals surface area contributed by atoms with Crippen molar-refractivity contribution < 1.29 is 28.4 Å². The molecule has 228 valence electrons. The van der Waals surface area contributed by atoms with Crippen LogP contribution in [0.1, 0.15) is 9.75 Å². The van der Waals surface area contributed by atoms with Gasteiger partial charge in [-0.25, -0.2) is 0 Å². The molecule has 1 aliphatic rings. The summed E-state index contributed by atoms with van der Waals surface area (Å²) in [5.74, 6) is 0. The second-order valence-electron chi connectivity index (χ2n) is 10.7. The Labute approximate surface area is 270 Å². The molecule has 8 rings (SSSR count). The Kier molecular flexibility index (Phi) is 8.80. The van der Waals surface area contributed by atoms with Crippen LogP contribution in [-0.4, -0.2) is 66.1 Å². The van der Waals surface area contributed by atoms with Crippen molar-refractivity contribution in [1.82, 2.24) is 0 Å². The summed E-state index contributed by atoms with van der Waals surface area (Å²) in [6.07, 6.45) is 0. The lowest BCUT2D eigenvalue weighted by Crippen LogP contribution is -2.14. The van der Waals surface area contributed by atoms with Gasteiger partial charge in [-0.05, 0) is 48.5 Å². The van der Waals surface area contributed by atoms with Crippen molar-refractivity contribution in [2.45, 2.75) is 13.2 Å². The molecule has 0 radical (unpaired) electrons. The number of fused-ring (bicyclic) bond motifs is 2. The van der Waals surface area contributed by atoms with Crippen molar-refractivity contribution in [1.29, 1.82) is 0 Å². The Bertz CT molecular complexity index is 1920. The van der Waals surface area contributed by atoms with Gasteiger partial charge in [0.25, 0.3) is 0 Å². The van der Waals surface area contributed by atoms with Gasteiger partial charge in [-0.15, -0.1) is 45.3 Å². The predicted octanol–water partition coefficient (Wildman–Crippen LogP) is 8.97. The van der Waals surface area contributed by atoms with Crippen molar-refractivity contribution in [3.05, 3.63) is 58.3 Å². The minimum absolute atomic E-state index is 0.543. The van der Waals surface area contributed by atoms with Crippen LogP contribution in [-0.2, 0) is 41.6 Å². The van der Waals surface area contributed by atoms with Gasteiger partial charge in [0, 0.05) is 70.3 Å². The van der Waals surface area contributed by atoms with E-state index in [1.54, 1.807) is 0 Å². The van der Waals surface area contributed by atoms with Crippen LogP contribution in [0.5, 0.6) is 0 Å². The fourth-order valence-electron chi connectivity index (χ4n) is 5.93. The quantitative estimate of drug-likeness (QED) is 0.161. The van der Waals surface area contributed by atoms with Gasteiger partial charge < -0.3 is 28.4 Å². The minimum Gasteiger partial charge on any atom is -0.377 e. The monoisotopic (exact) mass is 664 g/mol. The molecule has 0 saturated heterocycles. The molecular weight excluding hydrogens is 633 g/mol. The first-order valence-corrected chi connectivity index (χ1v) is 18.2. The summed E-state index contributed by atoms with van der Waals surface area (Å²) in [7, 11) is 0. The highest BCUT2D eigenvalue weighted by Crippen LogP contribution is 2.49. The maximum atomic E-state index is 6.01. The standard InChI is InChI=1S/C34H32O6S4/c1-3-27-31-23-17-21(41-25(1)23)19-39-15-13-37-11-9-35-7-8-36-10-12-38-14-16-40-20-22-18-24-26(42-22)2-4-28-32(24)34-30(44-28)6-5-29(43-27)33(31)34/h1-6,17-18H,7-16,19-20H2. The van der Waals surface area contributed by atoms with E-state index in [1.807, 2.05) is 45.3 Å². The number of ether oxygens (including phenoxy) is 6. The summed E-state index contributed by atoms with van der Waals surface area (Å²) in [6, 6.07) is 18.4. The minimum atomic E-state index is 0.543. The van der Waals surface area contributed by atoms with Gasteiger partial charge >= 0.3 is 0 Å². The molecule has 0 unspecified atom stereocenters. The molecule has 44 heavy (non-hydrogen) atoms. The van der Waals surface area contributed by atoms with Gasteiger partial charge in [0.15, 0.2) is 0 Å². The molecule has 0 spiro atoms. The van der Waals surface area contributed by atoms with Gasteiger partial charge in [-0.3, -0.25) is 0 Å². The highest BCUT2D eigenvalue weighted by Gasteiger charge is 2.19. The van der Waals surface area contributed by atoms with E-state index in [9.17, 15) is 0 Å². The van der Waals surface area contributed by atoms with E-state index in [4.69, 9.17) is 28.4 Å². The highest BCUT2D eigenvalue weighted by molar-refractivity contribution is 7.28. The maximum Gasteiger partial charge on any atom is 0.0810 e. The fourth-order valence-corrected chi connectivity index (χ4v) is 10.2. The smallest absolute Gasteiger partial charge is 0.0810 e. The van der Waals surface area contributed by atoms with E-state index < -0.39 is 0 Å². The molecule has 0 aliphatic carbocycles. The van der Waals surface area contributed by atoms with Crippen LogP contribution in [0.3, 0.4) is 0 Å². The second-order valence-corrected chi connectivity index (χ2v) is 15.2. The number of rotatable bonds is 0. The molecule has 1 aliphatic heterocycles. The Morgan fingerprint density at radius 1 is 0.341 bits per heavy atom. The van der Waals surface area contributed by atoms with Crippen molar-refractivity contribution in [3.8, 4) is 0 Å². The van der Waals surface area contributed by atoms with E-state index >= 15 is 0 Å². The number of benzene rings is 3. The molecule has 7 aromatic rings. The van der Waals surface area contributed by atoms with Crippen LogP contribution in [0.15, 0.2) is 48.5 Å². The van der Waals surface area contributed by atoms with E-state index in [-0.39, 0.29) is 0 Å². The summed E-state index contributed by atoms with van der Waals surface area (Å²) in [4.78, 5) is 2.47. The van der Waals surface area contributed by atoms with Gasteiger partial charge in [0.05, 0.1) is 79.3 Å². The summed E-state index contributed by atoms with van der Waals surface area (Å²) in [5.41, 5.74) is 0. The van der Waals surface area contributed by atoms with E-state index in [0.717, 1.165) is 0 Å². The first-order chi connectivity index (χ1) is 21.8. The van der Waals surface area contributed by atoms with Crippen LogP contribution in [0, 0.1) is 0 Å². The number of hydrogen-bond donors (Lipinski definition) is 0. The number of thiophene rings is 4. The normalized spacial score (nSPS) is 17.7. The maximum absolute atomic E-state index is 6.01. The van der Waals surface area contributed by atoms with Crippen molar-refractivity contribution in [2.24, 2.45) is 0 Å². The zero-order valence-corrected chi connectivity index (χ0v) is 27.5. The van der Waals surface area contributed by atoms with Crippen molar-refractivity contribution in [2.75, 3.05) is 66.1 Å². The Morgan fingerprint density at radius 2 is 0.659 bits per heavy atom. The Morgan fingerprint density at radius 3 is 1.05 bits per heavy atom. The lowest BCUT2D eigenvalue weighted by molar-refractivity contribution is -0.0183. The van der Waals surface area contributed by atoms with Crippen LogP contribution >= 0.6 is 45.3 Å². The van der Waals surface area contributed by atoms with E-state index in [0.29, 0.717) is 79.3 Å². The third-order valence-corrected chi connectivity index (χ3v) is 12.2. The zero-order valence-electron chi connectivity index (χ0n) is 24.2. The lowest BCUT2D eigenvalue weighted by atomic mass is 10.0. The average Bonchev–Trinajstić information content (AvgIpc) is 3.80. The van der Waals surface area contributed by atoms with Gasteiger partial charge in [0.1, 0.15) is 0 Å². The van der Waals surface area contributed by atoms with Gasteiger partial charge in [-0.1, -0.05) is 0 Å². The molecule has 3 aromatic carbocycles. The number of hydrogen-bond acceptors (Lipinski definition) is 10. The van der Waals surface area contributed by atoms with E-state index in [1.165, 1.54) is 70.3 Å². The summed E-state index contributed by atoms with van der Waals surface area (Å²) in [6.45, 7) is 6.64. The predicted molar refractivity (Wildman–Crippen MR) is 186 cm³/mol. The molecular formula is C34H32O6S4. The zero-order chi connectivity index (χ0) is 29.3. The molecule has 10 heteroatoms. The van der Waals surface area contributed by atoms with Crippen LogP contribution < -0.4 is 0 Å². The lowest BCUT2D eigenvalue weighted by Gasteiger charge is -2.08. The first kappa shape index (κ1) is 29.2. The molecule has 6 nitrogen and oxygen atoms in total. The van der Waals surface area contributed by atoms with Gasteiger partial charge in [0.2, 0.25) is 0 Å².